The Labute approximate surface area is 608 Å². The number of ether oxygens (including phenoxy) is 3. The van der Waals surface area contributed by atoms with Gasteiger partial charge in [-0.3, -0.25) is 0 Å². The standard InChI is InChI=1S/2C14H16.C10H14O2.C10H22O2.2C10H14O.C10H14.C8H18O.3C2H6/c1-11(2)10-13-8-5-7-12-6-3-4-9-14(12)13;1-11(2)9-12-7-8-13-5-3-4-6-14(13)10-12;1-6(2)8-5-4-7(3)9(11)10(8)12;1-4-6-11-8-9-12-7-5-10(2)3;1-7(2)9-5-4-8(3)10(11)6-9;1-7(2)9-5-4-8(3)6-10(9)11;1-9(2)8-10-6-4-3-5-7-10;1-4-6-9-7-5-8(2)3;3*1-2/h3-9,11H,10H2,1-2H3;3-8,10-11H,9H2,1-2H3;4-6,11-12H,1-3H3;10H,4-9H2,1-3H3;2*4-7,11H,1-3H3;3-7,9H,8H2,1-2H3;8H,4-7H2,1-3H3;3*1-2H3. The molecule has 0 aliphatic rings. The van der Waals surface area contributed by atoms with Crippen molar-refractivity contribution in [3.63, 3.8) is 0 Å². The molecule has 0 saturated heterocycles. The van der Waals surface area contributed by atoms with Gasteiger partial charge >= 0.3 is 0 Å². The Kier molecular flexibility index (Phi) is 58.7. The van der Waals surface area contributed by atoms with Crippen molar-refractivity contribution in [3.05, 3.63) is 214 Å². The van der Waals surface area contributed by atoms with E-state index >= 15 is 0 Å². The van der Waals surface area contributed by atoms with E-state index in [9.17, 15) is 20.4 Å². The first-order chi connectivity index (χ1) is 47.1. The zero-order valence-electron chi connectivity index (χ0n) is 67.9. The first kappa shape index (κ1) is 96.5. The summed E-state index contributed by atoms with van der Waals surface area (Å²) in [6.45, 7) is 61.7. The highest BCUT2D eigenvalue weighted by molar-refractivity contribution is 5.85. The van der Waals surface area contributed by atoms with Gasteiger partial charge in [0.05, 0.1) is 13.2 Å². The summed E-state index contributed by atoms with van der Waals surface area (Å²) in [5.41, 5.74) is 10.1. The Hall–Kier alpha value is -6.64. The predicted octanol–water partition coefficient (Wildman–Crippen LogP) is 27.2. The normalized spacial score (nSPS) is 10.3. The summed E-state index contributed by atoms with van der Waals surface area (Å²) in [4.78, 5) is 0. The number of fused-ring (bicyclic) bond motifs is 2. The van der Waals surface area contributed by atoms with Crippen molar-refractivity contribution in [3.8, 4) is 23.0 Å². The molecule has 0 aliphatic heterocycles. The molecule has 0 fully saturated rings. The van der Waals surface area contributed by atoms with Crippen LogP contribution in [0.3, 0.4) is 0 Å². The lowest BCUT2D eigenvalue weighted by molar-refractivity contribution is 0.0442. The summed E-state index contributed by atoms with van der Waals surface area (Å²) in [6, 6.07) is 56.4. The van der Waals surface area contributed by atoms with Gasteiger partial charge in [0.25, 0.3) is 0 Å². The van der Waals surface area contributed by atoms with Crippen LogP contribution < -0.4 is 0 Å². The molecular formula is C92H146O7. The van der Waals surface area contributed by atoms with Crippen LogP contribution in [0.1, 0.15) is 260 Å². The molecule has 0 aromatic heterocycles. The molecule has 4 N–H and O–H groups in total. The summed E-state index contributed by atoms with van der Waals surface area (Å²) in [7, 11) is 0. The molecule has 0 atom stereocenters. The second-order valence-electron chi connectivity index (χ2n) is 27.5. The van der Waals surface area contributed by atoms with Crippen molar-refractivity contribution in [1.29, 1.82) is 0 Å². The maximum Gasteiger partial charge on any atom is 0.161 e. The minimum absolute atomic E-state index is 0.00111. The third-order valence-electron chi connectivity index (χ3n) is 14.9. The van der Waals surface area contributed by atoms with Crippen LogP contribution in [-0.2, 0) is 33.5 Å². The highest BCUT2D eigenvalue weighted by Gasteiger charge is 2.11. The molecule has 556 valence electrons. The van der Waals surface area contributed by atoms with E-state index in [1.165, 1.54) is 69.5 Å². The monoisotopic (exact) mass is 1360 g/mol. The Bertz CT molecular complexity index is 3160. The highest BCUT2D eigenvalue weighted by atomic mass is 16.5. The number of hydrogen-bond acceptors (Lipinski definition) is 7. The molecule has 0 amide bonds. The maximum atomic E-state index is 9.50. The van der Waals surface area contributed by atoms with Crippen molar-refractivity contribution in [2.45, 2.75) is 250 Å². The zero-order chi connectivity index (χ0) is 75.8. The largest absolute Gasteiger partial charge is 0.508 e. The van der Waals surface area contributed by atoms with Gasteiger partial charge in [-0.2, -0.15) is 0 Å². The Balaban J connectivity index is -0.00000106. The molecule has 8 rings (SSSR count). The number of hydrogen-bond donors (Lipinski definition) is 4. The zero-order valence-corrected chi connectivity index (χ0v) is 67.9. The van der Waals surface area contributed by atoms with Gasteiger partial charge in [0, 0.05) is 32.0 Å². The number of aromatic hydroxyl groups is 4. The summed E-state index contributed by atoms with van der Waals surface area (Å²) in [5.74, 6) is 5.69. The Morgan fingerprint density at radius 3 is 1.26 bits per heavy atom. The van der Waals surface area contributed by atoms with Gasteiger partial charge in [0.15, 0.2) is 11.5 Å². The molecule has 0 heterocycles. The van der Waals surface area contributed by atoms with Crippen molar-refractivity contribution < 1.29 is 34.6 Å². The van der Waals surface area contributed by atoms with E-state index in [0.717, 1.165) is 111 Å². The fourth-order valence-corrected chi connectivity index (χ4v) is 9.47. The van der Waals surface area contributed by atoms with Crippen molar-refractivity contribution in [1.82, 2.24) is 0 Å². The van der Waals surface area contributed by atoms with E-state index in [-0.39, 0.29) is 17.4 Å². The van der Waals surface area contributed by atoms with Crippen LogP contribution in [0.4, 0.5) is 0 Å². The molecule has 0 spiro atoms. The third-order valence-corrected chi connectivity index (χ3v) is 14.9. The van der Waals surface area contributed by atoms with Gasteiger partial charge in [-0.25, -0.2) is 0 Å². The van der Waals surface area contributed by atoms with Crippen LogP contribution >= 0.6 is 0 Å². The van der Waals surface area contributed by atoms with E-state index in [1.807, 2.05) is 106 Å². The molecule has 0 aliphatic carbocycles. The van der Waals surface area contributed by atoms with E-state index in [4.69, 9.17) is 14.2 Å². The lowest BCUT2D eigenvalue weighted by Gasteiger charge is -2.10. The van der Waals surface area contributed by atoms with E-state index in [0.29, 0.717) is 28.9 Å². The van der Waals surface area contributed by atoms with Crippen molar-refractivity contribution >= 4 is 21.5 Å². The molecule has 7 heteroatoms. The van der Waals surface area contributed by atoms with Crippen molar-refractivity contribution in [2.75, 3.05) is 39.6 Å². The molecular weight excluding hydrogens is 1220 g/mol. The predicted molar refractivity (Wildman–Crippen MR) is 438 cm³/mol. The molecule has 0 unspecified atom stereocenters. The molecule has 8 aromatic rings. The van der Waals surface area contributed by atoms with Gasteiger partial charge in [-0.05, 0) is 191 Å². The number of benzene rings is 8. The molecule has 99 heavy (non-hydrogen) atoms. The van der Waals surface area contributed by atoms with Gasteiger partial charge in [-0.1, -0.05) is 318 Å². The number of phenolic OH excluding ortho intramolecular Hbond substituents is 4. The summed E-state index contributed by atoms with van der Waals surface area (Å²) < 4.78 is 15.9. The quantitative estimate of drug-likeness (QED) is 0.0395. The topological polar surface area (TPSA) is 109 Å². The molecule has 8 aromatic carbocycles. The minimum atomic E-state index is 0.00111. The summed E-state index contributed by atoms with van der Waals surface area (Å²) >= 11 is 0. The number of aryl methyl sites for hydroxylation is 3. The summed E-state index contributed by atoms with van der Waals surface area (Å²) in [6.07, 6.45) is 8.10. The average molecular weight is 1360 g/mol. The van der Waals surface area contributed by atoms with Crippen LogP contribution in [0.5, 0.6) is 23.0 Å². The Morgan fingerprint density at radius 1 is 0.323 bits per heavy atom. The van der Waals surface area contributed by atoms with Crippen LogP contribution in [-0.4, -0.2) is 60.1 Å². The fraction of sp³-hybridized carbons (Fsp3) is 0.522. The van der Waals surface area contributed by atoms with Gasteiger partial charge in [0.2, 0.25) is 0 Å². The maximum absolute atomic E-state index is 9.50. The van der Waals surface area contributed by atoms with Gasteiger partial charge in [-0.15, -0.1) is 0 Å². The second kappa shape index (κ2) is 60.2. The third kappa shape index (κ3) is 47.2. The molecule has 7 nitrogen and oxygen atoms in total. The highest BCUT2D eigenvalue weighted by Crippen LogP contribution is 2.36. The smallest absolute Gasteiger partial charge is 0.161 e. The minimum Gasteiger partial charge on any atom is -0.508 e. The first-order valence-electron chi connectivity index (χ1n) is 37.9. The van der Waals surface area contributed by atoms with Crippen LogP contribution in [0.25, 0.3) is 21.5 Å². The van der Waals surface area contributed by atoms with Crippen LogP contribution in [0.15, 0.2) is 164 Å². The van der Waals surface area contributed by atoms with E-state index in [1.54, 1.807) is 13.0 Å². The summed E-state index contributed by atoms with van der Waals surface area (Å²) in [5, 5.41) is 43.1. The lowest BCUT2D eigenvalue weighted by Crippen LogP contribution is -2.06. The van der Waals surface area contributed by atoms with E-state index < -0.39 is 0 Å². The van der Waals surface area contributed by atoms with Crippen LogP contribution in [0, 0.1) is 50.4 Å². The fourth-order valence-electron chi connectivity index (χ4n) is 9.47. The number of phenols is 4. The SMILES string of the molecule is CC.CC.CC.CC(C)Cc1ccc2ccccc2c1.CC(C)Cc1cccc2ccccc12.CC(C)Cc1ccccc1.CCCOCCC(C)C.CCCOCCOCCC(C)C.Cc1ccc(C(C)C)c(O)c1.Cc1ccc(C(C)C)c(O)c1O.Cc1ccc(C(C)C)cc1O. The van der Waals surface area contributed by atoms with E-state index in [2.05, 4.69) is 232 Å². The van der Waals surface area contributed by atoms with Crippen LogP contribution in [0.2, 0.25) is 0 Å². The van der Waals surface area contributed by atoms with Crippen molar-refractivity contribution in [2.24, 2.45) is 29.6 Å². The molecule has 0 bridgehead atoms. The number of rotatable bonds is 22. The lowest BCUT2D eigenvalue weighted by atomic mass is 9.97. The molecule has 0 saturated carbocycles. The molecule has 0 radical (unpaired) electrons. The average Bonchev–Trinajstić information content (AvgIpc) is 0.872. The first-order valence-corrected chi connectivity index (χ1v) is 37.9. The van der Waals surface area contributed by atoms with Gasteiger partial charge < -0.3 is 34.6 Å². The second-order valence-corrected chi connectivity index (χ2v) is 27.5. The Morgan fingerprint density at radius 2 is 0.778 bits per heavy atom. The van der Waals surface area contributed by atoms with Gasteiger partial charge in [0.1, 0.15) is 11.5 Å².